The van der Waals surface area contributed by atoms with E-state index in [1.54, 1.807) is 36.4 Å². The summed E-state index contributed by atoms with van der Waals surface area (Å²) in [6.45, 7) is 2.61. The monoisotopic (exact) mass is 554 g/mol. The predicted molar refractivity (Wildman–Crippen MR) is 161 cm³/mol. The molecule has 42 heavy (non-hydrogen) atoms. The van der Waals surface area contributed by atoms with Gasteiger partial charge in [0, 0.05) is 23.0 Å². The molecule has 4 atom stereocenters. The third kappa shape index (κ3) is 3.75. The number of carbonyl (C=O) groups is 3. The molecule has 4 aromatic rings. The van der Waals surface area contributed by atoms with E-state index in [1.165, 1.54) is 0 Å². The van der Waals surface area contributed by atoms with Crippen LogP contribution in [0.1, 0.15) is 56.8 Å². The molecule has 0 aliphatic carbocycles. The Balaban J connectivity index is 1.47. The Morgan fingerprint density at radius 3 is 2.31 bits per heavy atom. The zero-order chi connectivity index (χ0) is 28.8. The van der Waals surface area contributed by atoms with E-state index in [2.05, 4.69) is 5.32 Å². The molecule has 3 heterocycles. The van der Waals surface area contributed by atoms with E-state index < -0.39 is 23.4 Å². The summed E-state index contributed by atoms with van der Waals surface area (Å²) in [6, 6.07) is 30.1. The fraction of sp³-hybridized carbons (Fsp3) is 0.194. The van der Waals surface area contributed by atoms with Gasteiger partial charge >= 0.3 is 0 Å². The molecule has 1 spiro atoms. The van der Waals surface area contributed by atoms with Crippen LogP contribution in [-0.4, -0.2) is 35.0 Å². The second kappa shape index (κ2) is 10.1. The van der Waals surface area contributed by atoms with Gasteiger partial charge in [0.25, 0.3) is 0 Å². The lowest BCUT2D eigenvalue weighted by molar-refractivity contribution is -0.122. The first-order valence-electron chi connectivity index (χ1n) is 14.4. The summed E-state index contributed by atoms with van der Waals surface area (Å²) in [5, 5.41) is 3.09. The highest BCUT2D eigenvalue weighted by atomic mass is 16.5. The third-order valence-corrected chi connectivity index (χ3v) is 8.79. The number of carbonyl (C=O) groups excluding carboxylic acids is 3. The summed E-state index contributed by atoms with van der Waals surface area (Å²) >= 11 is 0. The highest BCUT2D eigenvalue weighted by Crippen LogP contribution is 2.62. The second-order valence-corrected chi connectivity index (χ2v) is 11.1. The maximum absolute atomic E-state index is 14.9. The zero-order valence-corrected chi connectivity index (χ0v) is 23.2. The van der Waals surface area contributed by atoms with Crippen LogP contribution < -0.4 is 10.1 Å². The number of Topliss-reactive ketones (excluding diaryl/α,β-unsaturated/α-hetero) is 2. The normalized spacial score (nSPS) is 23.2. The van der Waals surface area contributed by atoms with Gasteiger partial charge in [-0.15, -0.1) is 0 Å². The molecule has 3 aliphatic heterocycles. The lowest BCUT2D eigenvalue weighted by Crippen LogP contribution is -2.49. The van der Waals surface area contributed by atoms with Crippen molar-refractivity contribution in [2.45, 2.75) is 30.8 Å². The number of anilines is 1. The van der Waals surface area contributed by atoms with Crippen LogP contribution in [0.2, 0.25) is 0 Å². The number of nitrogens with one attached hydrogen (secondary N) is 1. The first-order valence-corrected chi connectivity index (χ1v) is 14.4. The maximum atomic E-state index is 14.9. The van der Waals surface area contributed by atoms with Crippen molar-refractivity contribution in [3.8, 4) is 5.75 Å². The van der Waals surface area contributed by atoms with Crippen LogP contribution in [0.5, 0.6) is 5.75 Å². The first-order chi connectivity index (χ1) is 20.6. The van der Waals surface area contributed by atoms with Gasteiger partial charge in [-0.05, 0) is 59.5 Å². The summed E-state index contributed by atoms with van der Waals surface area (Å²) in [7, 11) is 0. The first kappa shape index (κ1) is 26.0. The van der Waals surface area contributed by atoms with Crippen molar-refractivity contribution in [3.63, 3.8) is 0 Å². The SMILES string of the molecule is CCCOc1ccc(C(=O)[C@@H]2[C@H](C(=O)c3ccccc3)N3C=Cc4ccccc4[C@@H]3[C@@]23C(=O)Nc2ccccc23)cc1. The van der Waals surface area contributed by atoms with Gasteiger partial charge in [0.05, 0.1) is 18.6 Å². The Bertz CT molecular complexity index is 1730. The van der Waals surface area contributed by atoms with Gasteiger partial charge in [-0.2, -0.15) is 0 Å². The number of ketones is 2. The molecule has 208 valence electrons. The minimum absolute atomic E-state index is 0.195. The van der Waals surface area contributed by atoms with Crippen molar-refractivity contribution in [2.24, 2.45) is 5.92 Å². The lowest BCUT2D eigenvalue weighted by Gasteiger charge is -2.38. The fourth-order valence-corrected chi connectivity index (χ4v) is 7.06. The Morgan fingerprint density at radius 2 is 1.52 bits per heavy atom. The van der Waals surface area contributed by atoms with Crippen LogP contribution in [0.15, 0.2) is 109 Å². The Labute approximate surface area is 244 Å². The number of fused-ring (bicyclic) bond motifs is 6. The number of amides is 1. The Morgan fingerprint density at radius 1 is 0.833 bits per heavy atom. The van der Waals surface area contributed by atoms with E-state index >= 15 is 0 Å². The van der Waals surface area contributed by atoms with Gasteiger partial charge in [-0.1, -0.05) is 79.7 Å². The van der Waals surface area contributed by atoms with Crippen molar-refractivity contribution in [1.29, 1.82) is 0 Å². The van der Waals surface area contributed by atoms with Crippen molar-refractivity contribution >= 4 is 29.2 Å². The number of hydrogen-bond donors (Lipinski definition) is 1. The second-order valence-electron chi connectivity index (χ2n) is 11.1. The van der Waals surface area contributed by atoms with Gasteiger partial charge < -0.3 is 15.0 Å². The topological polar surface area (TPSA) is 75.7 Å². The van der Waals surface area contributed by atoms with Crippen LogP contribution in [0.25, 0.3) is 6.08 Å². The van der Waals surface area contributed by atoms with Gasteiger partial charge in [-0.3, -0.25) is 14.4 Å². The van der Waals surface area contributed by atoms with Gasteiger partial charge in [-0.25, -0.2) is 0 Å². The van der Waals surface area contributed by atoms with Gasteiger partial charge in [0.1, 0.15) is 17.2 Å². The van der Waals surface area contributed by atoms with E-state index in [-0.39, 0.29) is 17.5 Å². The lowest BCUT2D eigenvalue weighted by atomic mass is 9.62. The average molecular weight is 555 g/mol. The van der Waals surface area contributed by atoms with Crippen LogP contribution >= 0.6 is 0 Å². The van der Waals surface area contributed by atoms with E-state index in [1.807, 2.05) is 90.8 Å². The molecule has 6 nitrogen and oxygen atoms in total. The van der Waals surface area contributed by atoms with E-state index in [0.717, 1.165) is 23.1 Å². The van der Waals surface area contributed by atoms with Crippen LogP contribution in [-0.2, 0) is 10.2 Å². The number of benzene rings is 4. The molecule has 1 N–H and O–H groups in total. The van der Waals surface area contributed by atoms with Crippen molar-refractivity contribution < 1.29 is 19.1 Å². The number of nitrogens with zero attached hydrogens (tertiary/aromatic N) is 1. The van der Waals surface area contributed by atoms with Crippen molar-refractivity contribution in [1.82, 2.24) is 4.90 Å². The summed E-state index contributed by atoms with van der Waals surface area (Å²) in [5.74, 6) is -1.05. The molecule has 0 bridgehead atoms. The van der Waals surface area contributed by atoms with Gasteiger partial charge in [0.2, 0.25) is 5.91 Å². The van der Waals surface area contributed by atoms with Crippen LogP contribution in [0.3, 0.4) is 0 Å². The van der Waals surface area contributed by atoms with E-state index in [9.17, 15) is 14.4 Å². The molecule has 1 fully saturated rings. The smallest absolute Gasteiger partial charge is 0.238 e. The molecule has 7 rings (SSSR count). The maximum Gasteiger partial charge on any atom is 0.238 e. The van der Waals surface area contributed by atoms with E-state index in [4.69, 9.17) is 4.74 Å². The standard InChI is InChI=1S/C36H30N2O4/c1-2-22-42-26-18-16-25(17-19-26)32(39)30-31(33(40)24-11-4-3-5-12-24)38-21-20-23-10-6-7-13-27(23)34(38)36(30)28-14-8-9-15-29(28)37-35(36)41/h3-21,30-31,34H,2,22H2,1H3,(H,37,41)/t30-,31+,34+,36-/m0/s1. The number of hydrogen-bond acceptors (Lipinski definition) is 5. The highest BCUT2D eigenvalue weighted by Gasteiger charge is 2.70. The molecule has 1 amide bonds. The molecule has 0 aromatic heterocycles. The summed E-state index contributed by atoms with van der Waals surface area (Å²) < 4.78 is 5.76. The quantitative estimate of drug-likeness (QED) is 0.266. The average Bonchev–Trinajstić information content (AvgIpc) is 3.52. The summed E-state index contributed by atoms with van der Waals surface area (Å²) in [5.41, 5.74) is 2.87. The Hall–Kier alpha value is -4.97. The van der Waals surface area contributed by atoms with Crippen LogP contribution in [0.4, 0.5) is 5.69 Å². The molecule has 6 heteroatoms. The van der Waals surface area contributed by atoms with Gasteiger partial charge in [0.15, 0.2) is 11.6 Å². The predicted octanol–water partition coefficient (Wildman–Crippen LogP) is 6.46. The summed E-state index contributed by atoms with van der Waals surface area (Å²) in [6.07, 6.45) is 4.73. The molecule has 0 unspecified atom stereocenters. The van der Waals surface area contributed by atoms with Crippen LogP contribution in [0, 0.1) is 5.92 Å². The third-order valence-electron chi connectivity index (χ3n) is 8.79. The van der Waals surface area contributed by atoms with Crippen molar-refractivity contribution in [2.75, 3.05) is 11.9 Å². The van der Waals surface area contributed by atoms with E-state index in [0.29, 0.717) is 29.2 Å². The number of para-hydroxylation sites is 1. The highest BCUT2D eigenvalue weighted by molar-refractivity contribution is 6.16. The molecular formula is C36H30N2O4. The molecule has 4 aromatic carbocycles. The zero-order valence-electron chi connectivity index (χ0n) is 23.2. The number of ether oxygens (including phenoxy) is 1. The largest absolute Gasteiger partial charge is 0.494 e. The van der Waals surface area contributed by atoms with Crippen molar-refractivity contribution in [3.05, 3.63) is 137 Å². The Kier molecular flexibility index (Phi) is 6.27. The summed E-state index contributed by atoms with van der Waals surface area (Å²) in [4.78, 5) is 45.8. The molecule has 3 aliphatic rings. The minimum atomic E-state index is -1.35. The minimum Gasteiger partial charge on any atom is -0.494 e. The fourth-order valence-electron chi connectivity index (χ4n) is 7.06. The number of rotatable bonds is 7. The molecule has 0 radical (unpaired) electrons. The molecular weight excluding hydrogens is 524 g/mol. The molecule has 1 saturated heterocycles. The molecule has 0 saturated carbocycles.